The molecule has 2 atom stereocenters. The lowest BCUT2D eigenvalue weighted by Gasteiger charge is -2.55. The fourth-order valence-electron chi connectivity index (χ4n) is 5.24. The van der Waals surface area contributed by atoms with E-state index in [0.29, 0.717) is 11.4 Å². The van der Waals surface area contributed by atoms with Gasteiger partial charge in [0.1, 0.15) is 5.82 Å². The molecule has 0 unspecified atom stereocenters. The van der Waals surface area contributed by atoms with Crippen molar-refractivity contribution in [3.63, 3.8) is 0 Å². The summed E-state index contributed by atoms with van der Waals surface area (Å²) in [5.41, 5.74) is 1.04. The molecule has 1 spiro atoms. The van der Waals surface area contributed by atoms with Gasteiger partial charge in [0, 0.05) is 17.8 Å². The summed E-state index contributed by atoms with van der Waals surface area (Å²) < 4.78 is 0. The summed E-state index contributed by atoms with van der Waals surface area (Å²) in [4.78, 5) is 33.6. The monoisotopic (exact) mass is 391 g/mol. The van der Waals surface area contributed by atoms with Crippen molar-refractivity contribution in [2.45, 2.75) is 69.9 Å². The maximum Gasteiger partial charge on any atom is 0.254 e. The number of pyridine rings is 1. The van der Waals surface area contributed by atoms with Crippen LogP contribution in [0.2, 0.25) is 0 Å². The Morgan fingerprint density at radius 1 is 1.17 bits per heavy atom. The van der Waals surface area contributed by atoms with Gasteiger partial charge in [-0.15, -0.1) is 0 Å². The number of amides is 2. The first-order valence-corrected chi connectivity index (χ1v) is 10.7. The van der Waals surface area contributed by atoms with E-state index in [1.165, 1.54) is 0 Å². The quantitative estimate of drug-likeness (QED) is 0.817. The topological polar surface area (TPSA) is 62.3 Å². The minimum Gasteiger partial charge on any atom is -0.329 e. The lowest BCUT2D eigenvalue weighted by atomic mass is 9.64. The molecule has 5 nitrogen and oxygen atoms in total. The number of fused-ring (bicyclic) bond motifs is 1. The molecular weight excluding hydrogens is 362 g/mol. The second-order valence-corrected chi connectivity index (χ2v) is 8.32. The second-order valence-electron chi connectivity index (χ2n) is 8.32. The Hall–Kier alpha value is -2.69. The standard InChI is InChI=1S/C24H29N3O2/c1-3-17(2)27-23(29)19-12-6-5-11-18(19)21(24(27)14-8-4-9-15-24)22(28)26-20-13-7-10-16-25-20/h5-7,10-13,16-17,21H,3-4,8-9,14-15H2,1-2H3,(H,25,26,28)/t17-,21-/m0/s1. The smallest absolute Gasteiger partial charge is 0.254 e. The van der Waals surface area contributed by atoms with Gasteiger partial charge in [0.05, 0.1) is 11.5 Å². The van der Waals surface area contributed by atoms with Crippen LogP contribution in [0, 0.1) is 0 Å². The summed E-state index contributed by atoms with van der Waals surface area (Å²) >= 11 is 0. The van der Waals surface area contributed by atoms with Crippen molar-refractivity contribution in [1.29, 1.82) is 0 Å². The highest BCUT2D eigenvalue weighted by molar-refractivity contribution is 6.05. The fraction of sp³-hybridized carbons (Fsp3) is 0.458. The molecule has 0 bridgehead atoms. The molecule has 152 valence electrons. The van der Waals surface area contributed by atoms with Crippen LogP contribution in [0.15, 0.2) is 48.7 Å². The van der Waals surface area contributed by atoms with E-state index < -0.39 is 11.5 Å². The zero-order valence-electron chi connectivity index (χ0n) is 17.2. The summed E-state index contributed by atoms with van der Waals surface area (Å²) in [5.74, 6) is 0.151. The minimum absolute atomic E-state index is 0.0683. The number of carbonyl (C=O) groups excluding carboxylic acids is 2. The van der Waals surface area contributed by atoms with Crippen LogP contribution >= 0.6 is 0 Å². The number of anilines is 1. The molecule has 1 aromatic carbocycles. The molecule has 0 saturated heterocycles. The molecular formula is C24H29N3O2. The Morgan fingerprint density at radius 3 is 2.59 bits per heavy atom. The molecule has 4 rings (SSSR count). The largest absolute Gasteiger partial charge is 0.329 e. The average Bonchev–Trinajstić information content (AvgIpc) is 2.75. The van der Waals surface area contributed by atoms with E-state index in [4.69, 9.17) is 0 Å². The van der Waals surface area contributed by atoms with Crippen molar-refractivity contribution in [2.24, 2.45) is 0 Å². The number of hydrogen-bond donors (Lipinski definition) is 1. The predicted molar refractivity (Wildman–Crippen MR) is 114 cm³/mol. The molecule has 1 N–H and O–H groups in total. The number of hydrogen-bond acceptors (Lipinski definition) is 3. The van der Waals surface area contributed by atoms with E-state index in [-0.39, 0.29) is 17.9 Å². The normalized spacial score (nSPS) is 21.5. The van der Waals surface area contributed by atoms with Gasteiger partial charge in [0.25, 0.3) is 5.91 Å². The number of nitrogens with zero attached hydrogens (tertiary/aromatic N) is 2. The number of rotatable bonds is 4. The van der Waals surface area contributed by atoms with Gasteiger partial charge >= 0.3 is 0 Å². The molecule has 5 heteroatoms. The number of nitrogens with one attached hydrogen (secondary N) is 1. The summed E-state index contributed by atoms with van der Waals surface area (Å²) in [6.45, 7) is 4.22. The number of carbonyl (C=O) groups is 2. The van der Waals surface area contributed by atoms with Crippen LogP contribution in [0.25, 0.3) is 0 Å². The van der Waals surface area contributed by atoms with Crippen LogP contribution in [0.4, 0.5) is 5.82 Å². The fourth-order valence-corrected chi connectivity index (χ4v) is 5.24. The van der Waals surface area contributed by atoms with Gasteiger partial charge in [-0.3, -0.25) is 9.59 Å². The number of benzene rings is 1. The molecule has 2 aromatic rings. The zero-order valence-corrected chi connectivity index (χ0v) is 17.2. The summed E-state index contributed by atoms with van der Waals surface area (Å²) in [6, 6.07) is 13.2. The Labute approximate surface area is 172 Å². The van der Waals surface area contributed by atoms with E-state index in [1.807, 2.05) is 36.4 Å². The van der Waals surface area contributed by atoms with Crippen molar-refractivity contribution in [3.05, 3.63) is 59.8 Å². The first kappa shape index (κ1) is 19.6. The minimum atomic E-state index is -0.474. The van der Waals surface area contributed by atoms with Crippen LogP contribution in [-0.2, 0) is 4.79 Å². The Kier molecular flexibility index (Phi) is 5.39. The first-order chi connectivity index (χ1) is 14.1. The van der Waals surface area contributed by atoms with Crippen molar-refractivity contribution in [2.75, 3.05) is 5.32 Å². The molecule has 29 heavy (non-hydrogen) atoms. The maximum absolute atomic E-state index is 13.7. The Morgan fingerprint density at radius 2 is 1.90 bits per heavy atom. The molecule has 0 radical (unpaired) electrons. The number of aromatic nitrogens is 1. The van der Waals surface area contributed by atoms with Crippen molar-refractivity contribution >= 4 is 17.6 Å². The lowest BCUT2D eigenvalue weighted by Crippen LogP contribution is -2.64. The third kappa shape index (κ3) is 3.33. The van der Waals surface area contributed by atoms with Gasteiger partial charge in [0.2, 0.25) is 5.91 Å². The Bertz CT molecular complexity index is 890. The van der Waals surface area contributed by atoms with Gasteiger partial charge in [-0.2, -0.15) is 0 Å². The van der Waals surface area contributed by atoms with Crippen LogP contribution in [-0.4, -0.2) is 33.3 Å². The molecule has 1 aromatic heterocycles. The second kappa shape index (κ2) is 7.97. The molecule has 2 amide bonds. The maximum atomic E-state index is 13.7. The van der Waals surface area contributed by atoms with Gasteiger partial charge in [-0.1, -0.05) is 50.5 Å². The summed E-state index contributed by atoms with van der Waals surface area (Å²) in [6.07, 6.45) is 7.49. The van der Waals surface area contributed by atoms with E-state index in [9.17, 15) is 9.59 Å². The van der Waals surface area contributed by atoms with Crippen LogP contribution in [0.3, 0.4) is 0 Å². The van der Waals surface area contributed by atoms with E-state index in [2.05, 4.69) is 29.0 Å². The van der Waals surface area contributed by atoms with E-state index in [0.717, 1.165) is 44.1 Å². The summed E-state index contributed by atoms with van der Waals surface area (Å²) in [7, 11) is 0. The van der Waals surface area contributed by atoms with Crippen molar-refractivity contribution < 1.29 is 9.59 Å². The third-order valence-electron chi connectivity index (χ3n) is 6.67. The third-order valence-corrected chi connectivity index (χ3v) is 6.67. The van der Waals surface area contributed by atoms with E-state index in [1.54, 1.807) is 12.3 Å². The summed E-state index contributed by atoms with van der Waals surface area (Å²) in [5, 5.41) is 3.03. The zero-order chi connectivity index (χ0) is 20.4. The van der Waals surface area contributed by atoms with Crippen LogP contribution < -0.4 is 5.32 Å². The highest BCUT2D eigenvalue weighted by atomic mass is 16.2. The van der Waals surface area contributed by atoms with Gasteiger partial charge < -0.3 is 10.2 Å². The van der Waals surface area contributed by atoms with Gasteiger partial charge in [0.15, 0.2) is 0 Å². The van der Waals surface area contributed by atoms with E-state index >= 15 is 0 Å². The SMILES string of the molecule is CC[C@H](C)N1C(=O)c2ccccc2[C@@H](C(=O)Nc2ccccn2)C12CCCCC2. The van der Waals surface area contributed by atoms with Crippen molar-refractivity contribution in [1.82, 2.24) is 9.88 Å². The highest BCUT2D eigenvalue weighted by Gasteiger charge is 2.55. The predicted octanol–water partition coefficient (Wildman–Crippen LogP) is 4.76. The van der Waals surface area contributed by atoms with Gasteiger partial charge in [-0.05, 0) is 49.9 Å². The molecule has 1 aliphatic heterocycles. The van der Waals surface area contributed by atoms with Crippen molar-refractivity contribution in [3.8, 4) is 0 Å². The molecule has 2 heterocycles. The molecule has 1 aliphatic carbocycles. The van der Waals surface area contributed by atoms with Gasteiger partial charge in [-0.25, -0.2) is 4.98 Å². The molecule has 1 saturated carbocycles. The average molecular weight is 392 g/mol. The van der Waals surface area contributed by atoms with Crippen LogP contribution in [0.1, 0.15) is 74.2 Å². The molecule has 1 fully saturated rings. The molecule has 2 aliphatic rings. The lowest BCUT2D eigenvalue weighted by molar-refractivity contribution is -0.122. The highest BCUT2D eigenvalue weighted by Crippen LogP contribution is 2.50. The first-order valence-electron chi connectivity index (χ1n) is 10.7. The Balaban J connectivity index is 1.85. The van der Waals surface area contributed by atoms with Crippen LogP contribution in [0.5, 0.6) is 0 Å².